The van der Waals surface area contributed by atoms with Gasteiger partial charge in [-0.2, -0.15) is 0 Å². The van der Waals surface area contributed by atoms with Gasteiger partial charge in [0.05, 0.1) is 9.52 Å². The van der Waals surface area contributed by atoms with Gasteiger partial charge in [0.15, 0.2) is 0 Å². The van der Waals surface area contributed by atoms with Crippen LogP contribution in [0.25, 0.3) is 0 Å². The van der Waals surface area contributed by atoms with E-state index < -0.39 is 0 Å². The van der Waals surface area contributed by atoms with Gasteiger partial charge in [0.1, 0.15) is 0 Å². The van der Waals surface area contributed by atoms with Crippen LogP contribution >= 0.6 is 0 Å². The van der Waals surface area contributed by atoms with Crippen LogP contribution in [-0.2, 0) is 0 Å². The van der Waals surface area contributed by atoms with Crippen LogP contribution in [0, 0.1) is 34.6 Å². The molecule has 94 valence electrons. The Morgan fingerprint density at radius 1 is 0.611 bits per heavy atom. The molecule has 0 radical (unpaired) electrons. The smallest absolute Gasteiger partial charge is 0.0633 e. The van der Waals surface area contributed by atoms with Crippen LogP contribution in [0.15, 0.2) is 30.3 Å². The summed E-state index contributed by atoms with van der Waals surface area (Å²) in [5, 5.41) is 3.17. The van der Waals surface area contributed by atoms with Crippen LogP contribution < -0.4 is 10.4 Å². The molecule has 0 saturated carbocycles. The quantitative estimate of drug-likeness (QED) is 0.722. The van der Waals surface area contributed by atoms with E-state index in [-0.39, 0.29) is 9.52 Å². The van der Waals surface area contributed by atoms with Crippen LogP contribution in [0.1, 0.15) is 27.8 Å². The highest BCUT2D eigenvalue weighted by Crippen LogP contribution is 2.18. The molecule has 0 aliphatic carbocycles. The summed E-state index contributed by atoms with van der Waals surface area (Å²) in [5.41, 5.74) is 7.47. The van der Waals surface area contributed by atoms with Crippen molar-refractivity contribution in [3.63, 3.8) is 0 Å². The van der Waals surface area contributed by atoms with Gasteiger partial charge in [0.25, 0.3) is 0 Å². The zero-order chi connectivity index (χ0) is 13.3. The van der Waals surface area contributed by atoms with Crippen molar-refractivity contribution in [1.82, 2.24) is 0 Å². The van der Waals surface area contributed by atoms with Crippen LogP contribution in [0.3, 0.4) is 0 Å². The van der Waals surface area contributed by atoms with Crippen molar-refractivity contribution < 1.29 is 0 Å². The number of benzene rings is 2. The van der Waals surface area contributed by atoms with Crippen molar-refractivity contribution in [1.29, 1.82) is 0 Å². The molecule has 0 heterocycles. The average molecular weight is 254 g/mol. The average Bonchev–Trinajstić information content (AvgIpc) is 2.40. The molecule has 0 atom stereocenters. The second kappa shape index (κ2) is 5.11. The second-order valence-electron chi connectivity index (χ2n) is 5.27. The molecule has 0 spiro atoms. The summed E-state index contributed by atoms with van der Waals surface area (Å²) in [6, 6.07) is 11.0. The van der Waals surface area contributed by atoms with Gasteiger partial charge in [-0.05, 0) is 62.4 Å². The fourth-order valence-electron chi connectivity index (χ4n) is 2.64. The largest absolute Gasteiger partial charge is 0.0882 e. The zero-order valence-electron chi connectivity index (χ0n) is 12.1. The van der Waals surface area contributed by atoms with Crippen LogP contribution in [0.4, 0.5) is 0 Å². The summed E-state index contributed by atoms with van der Waals surface area (Å²) in [6.07, 6.45) is 0. The maximum atomic E-state index is 2.29. The van der Waals surface area contributed by atoms with E-state index in [9.17, 15) is 0 Å². The molecule has 0 aliphatic heterocycles. The van der Waals surface area contributed by atoms with E-state index in [0.717, 1.165) is 0 Å². The second-order valence-corrected chi connectivity index (χ2v) is 7.14. The molecule has 2 rings (SSSR count). The van der Waals surface area contributed by atoms with E-state index in [1.165, 1.54) is 33.0 Å². The van der Waals surface area contributed by atoms with E-state index in [0.29, 0.717) is 0 Å². The summed E-state index contributed by atoms with van der Waals surface area (Å²) in [5.74, 6) is 0. The molecule has 0 nitrogen and oxygen atoms in total. The highest BCUT2D eigenvalue weighted by molar-refractivity contribution is 6.68. The van der Waals surface area contributed by atoms with E-state index in [1.54, 1.807) is 5.19 Å². The van der Waals surface area contributed by atoms with Crippen molar-refractivity contribution in [2.75, 3.05) is 0 Å². The lowest BCUT2D eigenvalue weighted by Crippen LogP contribution is -2.32. The first-order valence-electron chi connectivity index (χ1n) is 6.62. The maximum Gasteiger partial charge on any atom is 0.0882 e. The first-order chi connectivity index (χ1) is 8.52. The number of hydrogen-bond acceptors (Lipinski definition) is 0. The molecule has 0 unspecified atom stereocenters. The summed E-state index contributed by atoms with van der Waals surface area (Å²) in [4.78, 5) is 0. The topological polar surface area (TPSA) is 0 Å². The molecule has 2 aromatic rings. The maximum absolute atomic E-state index is 2.29. The van der Waals surface area contributed by atoms with E-state index in [4.69, 9.17) is 0 Å². The van der Waals surface area contributed by atoms with Gasteiger partial charge in [-0.15, -0.1) is 0 Å². The Kier molecular flexibility index (Phi) is 3.72. The molecule has 0 N–H and O–H groups in total. The highest BCUT2D eigenvalue weighted by atomic mass is 28.2. The Morgan fingerprint density at radius 3 is 1.56 bits per heavy atom. The van der Waals surface area contributed by atoms with Crippen molar-refractivity contribution in [2.24, 2.45) is 0 Å². The van der Waals surface area contributed by atoms with Crippen molar-refractivity contribution in [3.8, 4) is 0 Å². The van der Waals surface area contributed by atoms with Crippen LogP contribution in [0.5, 0.6) is 0 Å². The lowest BCUT2D eigenvalue weighted by atomic mass is 9.95. The molecule has 0 saturated heterocycles. The first-order valence-corrected chi connectivity index (χ1v) is 8.03. The van der Waals surface area contributed by atoms with Gasteiger partial charge in [0.2, 0.25) is 0 Å². The predicted octanol–water partition coefficient (Wildman–Crippen LogP) is 2.35. The lowest BCUT2D eigenvalue weighted by molar-refractivity contribution is 1.19. The molecular formula is C17H22Si. The minimum Gasteiger partial charge on any atom is -0.0633 e. The van der Waals surface area contributed by atoms with E-state index in [1.807, 2.05) is 0 Å². The van der Waals surface area contributed by atoms with Crippen LogP contribution in [0.2, 0.25) is 0 Å². The molecule has 0 bridgehead atoms. The molecule has 2 aromatic carbocycles. The van der Waals surface area contributed by atoms with E-state index in [2.05, 4.69) is 65.0 Å². The summed E-state index contributed by atoms with van der Waals surface area (Å²) in [7, 11) is -0.351. The Bertz CT molecular complexity index is 539. The molecule has 0 aliphatic rings. The van der Waals surface area contributed by atoms with Crippen molar-refractivity contribution in [3.05, 3.63) is 58.1 Å². The minimum atomic E-state index is -0.351. The zero-order valence-corrected chi connectivity index (χ0v) is 13.5. The van der Waals surface area contributed by atoms with Crippen molar-refractivity contribution in [2.45, 2.75) is 34.6 Å². The van der Waals surface area contributed by atoms with Gasteiger partial charge in [-0.1, -0.05) is 40.7 Å². The van der Waals surface area contributed by atoms with Crippen LogP contribution in [-0.4, -0.2) is 9.52 Å². The first kappa shape index (κ1) is 13.1. The predicted molar refractivity (Wildman–Crippen MR) is 84.4 cm³/mol. The molecule has 0 fully saturated rings. The fourth-order valence-corrected chi connectivity index (χ4v) is 4.62. The summed E-state index contributed by atoms with van der Waals surface area (Å²) in [6.45, 7) is 11.4. The molecule has 1 heteroatoms. The molecular weight excluding hydrogens is 232 g/mol. The Labute approximate surface area is 113 Å². The van der Waals surface area contributed by atoms with Gasteiger partial charge < -0.3 is 0 Å². The SMILES string of the molecule is Cc1c(C)c(C)c([SiH2]c2ccccc2)c(C)c1C. The van der Waals surface area contributed by atoms with Crippen molar-refractivity contribution >= 4 is 19.9 Å². The Morgan fingerprint density at radius 2 is 1.06 bits per heavy atom. The van der Waals surface area contributed by atoms with Gasteiger partial charge >= 0.3 is 0 Å². The Balaban J connectivity index is 2.52. The third kappa shape index (κ3) is 2.28. The monoisotopic (exact) mass is 254 g/mol. The third-order valence-electron chi connectivity index (χ3n) is 4.38. The van der Waals surface area contributed by atoms with Gasteiger partial charge in [0, 0.05) is 0 Å². The number of hydrogen-bond donors (Lipinski definition) is 0. The van der Waals surface area contributed by atoms with Gasteiger partial charge in [-0.25, -0.2) is 0 Å². The third-order valence-corrected chi connectivity index (χ3v) is 6.67. The standard InChI is InChI=1S/C17H22Si/c1-11-12(2)14(4)17(15(5)13(11)3)18-16-9-7-6-8-10-16/h6-10H,18H2,1-5H3. The fraction of sp³-hybridized carbons (Fsp3) is 0.294. The van der Waals surface area contributed by atoms with E-state index >= 15 is 0 Å². The molecule has 18 heavy (non-hydrogen) atoms. The highest BCUT2D eigenvalue weighted by Gasteiger charge is 2.12. The Hall–Kier alpha value is -1.34. The lowest BCUT2D eigenvalue weighted by Gasteiger charge is -2.18. The summed E-state index contributed by atoms with van der Waals surface area (Å²) >= 11 is 0. The summed E-state index contributed by atoms with van der Waals surface area (Å²) < 4.78 is 0. The van der Waals surface area contributed by atoms with Gasteiger partial charge in [-0.3, -0.25) is 0 Å². The molecule has 0 amide bonds. The molecule has 0 aromatic heterocycles. The minimum absolute atomic E-state index is 0.351. The normalized spacial score (nSPS) is 11.4. The number of rotatable bonds is 2.